The lowest BCUT2D eigenvalue weighted by molar-refractivity contribution is -0.144. The van der Waals surface area contributed by atoms with Crippen molar-refractivity contribution in [1.29, 1.82) is 0 Å². The first kappa shape index (κ1) is 26.5. The molecule has 3 N–H and O–H groups in total. The molecule has 1 atom stereocenters. The number of alkyl halides is 3. The molecule has 2 rings (SSSR count). The highest BCUT2D eigenvalue weighted by atomic mass is 32.2. The predicted molar refractivity (Wildman–Crippen MR) is 117 cm³/mol. The minimum Gasteiger partial charge on any atom is -0.481 e. The van der Waals surface area contributed by atoms with Gasteiger partial charge in [-0.3, -0.25) is 4.79 Å². The molecule has 1 unspecified atom stereocenters. The molecule has 0 aliphatic carbocycles. The summed E-state index contributed by atoms with van der Waals surface area (Å²) in [5, 5.41) is 16.3. The SMILES string of the molecule is [B]C([B])(O)Oc1ccc(F)cc1CNc1nc(C(F)(F)F)ncc1C(=O)NC(C)/C=C/SC. The molecule has 14 heteroatoms. The number of carbonyl (C=O) groups is 1. The third-order valence-corrected chi connectivity index (χ3v) is 4.32. The van der Waals surface area contributed by atoms with Crippen molar-refractivity contribution >= 4 is 39.2 Å². The van der Waals surface area contributed by atoms with Crippen molar-refractivity contribution in [2.45, 2.75) is 31.3 Å². The van der Waals surface area contributed by atoms with Crippen molar-refractivity contribution in [1.82, 2.24) is 15.3 Å². The van der Waals surface area contributed by atoms with Crippen molar-refractivity contribution in [2.75, 3.05) is 11.6 Å². The number of nitrogens with zero attached hydrogens (tertiary/aromatic N) is 2. The molecule has 172 valence electrons. The first-order chi connectivity index (χ1) is 15.3. The van der Waals surface area contributed by atoms with Gasteiger partial charge in [-0.25, -0.2) is 14.4 Å². The number of hydrogen-bond donors (Lipinski definition) is 3. The van der Waals surface area contributed by atoms with Gasteiger partial charge in [-0.1, -0.05) is 6.08 Å². The van der Waals surface area contributed by atoms with E-state index >= 15 is 0 Å². The molecular formula is C19H18B2F4N4O3S. The molecule has 0 aliphatic rings. The number of anilines is 1. The van der Waals surface area contributed by atoms with E-state index in [1.54, 1.807) is 18.4 Å². The first-order valence-corrected chi connectivity index (χ1v) is 10.5. The molecule has 33 heavy (non-hydrogen) atoms. The second-order valence-electron chi connectivity index (χ2n) is 6.74. The van der Waals surface area contributed by atoms with Crippen LogP contribution in [0.4, 0.5) is 23.4 Å². The van der Waals surface area contributed by atoms with Crippen LogP contribution in [0.2, 0.25) is 0 Å². The molecule has 0 saturated heterocycles. The van der Waals surface area contributed by atoms with E-state index in [9.17, 15) is 27.5 Å². The summed E-state index contributed by atoms with van der Waals surface area (Å²) in [6.45, 7) is 1.31. The molecule has 0 spiro atoms. The maximum Gasteiger partial charge on any atom is 0.451 e. The van der Waals surface area contributed by atoms with Gasteiger partial charge in [-0.05, 0) is 36.8 Å². The number of halogens is 4. The zero-order valence-electron chi connectivity index (χ0n) is 17.5. The zero-order chi connectivity index (χ0) is 24.8. The lowest BCUT2D eigenvalue weighted by atomic mass is 9.76. The van der Waals surface area contributed by atoms with Crippen LogP contribution in [-0.4, -0.2) is 54.6 Å². The quantitative estimate of drug-likeness (QED) is 0.289. The van der Waals surface area contributed by atoms with Crippen LogP contribution < -0.4 is 15.4 Å². The van der Waals surface area contributed by atoms with Crippen molar-refractivity contribution in [3.63, 3.8) is 0 Å². The van der Waals surface area contributed by atoms with Gasteiger partial charge in [-0.2, -0.15) is 13.2 Å². The Bertz CT molecular complexity index is 1020. The van der Waals surface area contributed by atoms with E-state index in [1.165, 1.54) is 11.8 Å². The summed E-state index contributed by atoms with van der Waals surface area (Å²) in [4.78, 5) is 19.3. The summed E-state index contributed by atoms with van der Waals surface area (Å²) in [6.07, 6.45) is -0.641. The Morgan fingerprint density at radius 2 is 2.06 bits per heavy atom. The van der Waals surface area contributed by atoms with E-state index in [1.807, 2.05) is 6.26 Å². The molecule has 0 bridgehead atoms. The fraction of sp³-hybridized carbons (Fsp3) is 0.316. The number of aromatic nitrogens is 2. The van der Waals surface area contributed by atoms with E-state index in [4.69, 9.17) is 20.4 Å². The molecular weight excluding hydrogens is 462 g/mol. The van der Waals surface area contributed by atoms with Gasteiger partial charge in [0.25, 0.3) is 5.91 Å². The van der Waals surface area contributed by atoms with E-state index in [0.29, 0.717) is 0 Å². The fourth-order valence-electron chi connectivity index (χ4n) is 2.49. The number of carbonyl (C=O) groups excluding carboxylic acids is 1. The lowest BCUT2D eigenvalue weighted by Gasteiger charge is -2.23. The minimum absolute atomic E-state index is 0.0270. The summed E-state index contributed by atoms with van der Waals surface area (Å²) in [7, 11) is 10.4. The van der Waals surface area contributed by atoms with Crippen molar-refractivity contribution in [3.05, 3.63) is 58.6 Å². The molecule has 4 radical (unpaired) electrons. The van der Waals surface area contributed by atoms with Crippen LogP contribution in [0.5, 0.6) is 5.75 Å². The van der Waals surface area contributed by atoms with E-state index in [-0.39, 0.29) is 23.4 Å². The van der Waals surface area contributed by atoms with Gasteiger partial charge < -0.3 is 20.5 Å². The fourth-order valence-corrected chi connectivity index (χ4v) is 2.88. The Hall–Kier alpha value is -2.73. The Kier molecular flexibility index (Phi) is 8.78. The number of aliphatic hydroxyl groups is 1. The minimum atomic E-state index is -4.87. The van der Waals surface area contributed by atoms with Crippen LogP contribution >= 0.6 is 11.8 Å². The third kappa shape index (κ3) is 8.28. The van der Waals surface area contributed by atoms with E-state index in [2.05, 4.69) is 20.6 Å². The number of hydrogen-bond acceptors (Lipinski definition) is 7. The van der Waals surface area contributed by atoms with E-state index < -0.39 is 41.2 Å². The van der Waals surface area contributed by atoms with Crippen LogP contribution in [0.25, 0.3) is 0 Å². The summed E-state index contributed by atoms with van der Waals surface area (Å²) in [6, 6.07) is 2.66. The van der Waals surface area contributed by atoms with Crippen LogP contribution in [0.3, 0.4) is 0 Å². The van der Waals surface area contributed by atoms with Crippen molar-refractivity contribution in [3.8, 4) is 5.75 Å². The van der Waals surface area contributed by atoms with Gasteiger partial charge in [0.1, 0.15) is 28.5 Å². The molecule has 1 heterocycles. The van der Waals surface area contributed by atoms with E-state index in [0.717, 1.165) is 24.4 Å². The molecule has 2 aromatic rings. The molecule has 7 nitrogen and oxygen atoms in total. The smallest absolute Gasteiger partial charge is 0.451 e. The Morgan fingerprint density at radius 3 is 2.67 bits per heavy atom. The highest BCUT2D eigenvalue weighted by Crippen LogP contribution is 2.29. The average molecular weight is 480 g/mol. The summed E-state index contributed by atoms with van der Waals surface area (Å²) >= 11 is 1.40. The van der Waals surface area contributed by atoms with Gasteiger partial charge >= 0.3 is 6.18 Å². The van der Waals surface area contributed by atoms with Crippen LogP contribution in [0.15, 0.2) is 35.9 Å². The lowest BCUT2D eigenvalue weighted by Crippen LogP contribution is -2.37. The normalized spacial score (nSPS) is 13.1. The number of ether oxygens (including phenoxy) is 1. The molecule has 1 aromatic heterocycles. The molecule has 0 fully saturated rings. The highest BCUT2D eigenvalue weighted by molar-refractivity contribution is 8.01. The number of nitrogens with one attached hydrogen (secondary N) is 2. The van der Waals surface area contributed by atoms with Gasteiger partial charge in [0.2, 0.25) is 5.82 Å². The van der Waals surface area contributed by atoms with Crippen molar-refractivity contribution < 1.29 is 32.2 Å². The van der Waals surface area contributed by atoms with Crippen LogP contribution in [-0.2, 0) is 12.7 Å². The molecule has 1 aromatic carbocycles. The highest BCUT2D eigenvalue weighted by Gasteiger charge is 2.35. The average Bonchev–Trinajstić information content (AvgIpc) is 2.70. The Morgan fingerprint density at radius 1 is 1.36 bits per heavy atom. The van der Waals surface area contributed by atoms with Crippen LogP contribution in [0.1, 0.15) is 28.7 Å². The zero-order valence-corrected chi connectivity index (χ0v) is 18.3. The van der Waals surface area contributed by atoms with Gasteiger partial charge in [-0.15, -0.1) is 11.8 Å². The number of amides is 1. The maximum atomic E-state index is 13.7. The van der Waals surface area contributed by atoms with Crippen molar-refractivity contribution in [2.24, 2.45) is 0 Å². The van der Waals surface area contributed by atoms with Crippen LogP contribution in [0, 0.1) is 5.82 Å². The topological polar surface area (TPSA) is 96.4 Å². The predicted octanol–water partition coefficient (Wildman–Crippen LogP) is 2.56. The van der Waals surface area contributed by atoms with Gasteiger partial charge in [0.15, 0.2) is 15.7 Å². The second kappa shape index (κ2) is 10.9. The Labute approximate surface area is 194 Å². The molecule has 0 saturated carbocycles. The molecule has 0 aliphatic heterocycles. The second-order valence-corrected chi connectivity index (χ2v) is 7.48. The standard InChI is InChI=1S/C19H18B2F4N4O3S/c1-10(5-6-33-2)28-16(30)13-9-27-17(18(23,24)25)29-15(13)26-8-11-7-12(22)3-4-14(11)32-19(20,21)31/h3-7,9-10,31H,8H2,1-2H3,(H,28,30)(H,26,27,29)/b6-5+. The summed E-state index contributed by atoms with van der Waals surface area (Å²) < 4.78 is 58.0. The number of thioether (sulfide) groups is 1. The van der Waals surface area contributed by atoms with Gasteiger partial charge in [0, 0.05) is 24.3 Å². The third-order valence-electron chi connectivity index (χ3n) is 3.89. The van der Waals surface area contributed by atoms with Gasteiger partial charge in [0.05, 0.1) is 0 Å². The summed E-state index contributed by atoms with van der Waals surface area (Å²) in [5.41, 5.74) is -2.84. The number of rotatable bonds is 9. The first-order valence-electron chi connectivity index (χ1n) is 9.26. The largest absolute Gasteiger partial charge is 0.481 e. The maximum absolute atomic E-state index is 13.7. The molecule has 1 amide bonds. The summed E-state index contributed by atoms with van der Waals surface area (Å²) in [5.74, 6) is -3.53. The Balaban J connectivity index is 2.37. The number of benzene rings is 1. The monoisotopic (exact) mass is 480 g/mol.